The predicted octanol–water partition coefficient (Wildman–Crippen LogP) is 2.27. The van der Waals surface area contributed by atoms with Crippen LogP contribution >= 0.6 is 12.2 Å². The first-order valence-electron chi connectivity index (χ1n) is 11.5. The molecule has 0 saturated carbocycles. The van der Waals surface area contributed by atoms with Gasteiger partial charge >= 0.3 is 0 Å². The lowest BCUT2D eigenvalue weighted by molar-refractivity contribution is -0.122. The number of aromatic nitrogens is 3. The monoisotopic (exact) mass is 455 g/mol. The molecule has 1 aromatic heterocycles. The van der Waals surface area contributed by atoms with E-state index in [2.05, 4.69) is 43.3 Å². The Labute approximate surface area is 195 Å². The number of carbonyl (C=O) groups excluding carboxylic acids is 1. The van der Waals surface area contributed by atoms with Crippen molar-refractivity contribution in [2.75, 3.05) is 57.3 Å². The van der Waals surface area contributed by atoms with Crippen molar-refractivity contribution in [1.82, 2.24) is 29.5 Å². The van der Waals surface area contributed by atoms with Crippen LogP contribution in [0.4, 0.5) is 5.95 Å². The molecule has 9 heteroatoms. The molecule has 2 saturated heterocycles. The van der Waals surface area contributed by atoms with Gasteiger partial charge in [0, 0.05) is 45.8 Å². The third-order valence-corrected chi connectivity index (χ3v) is 6.48. The average molecular weight is 456 g/mol. The standard InChI is InChI=1S/C23H33N7OS/c1-2-11-24-21(31)18-26-14-16-27(17-15-26)19-29-23(32)30(20-9-5-3-6-10-20)22(25-29)28-12-7-4-8-13-28/h2-3,5-6,9-10H,1,4,7-8,11-19H2,(H,24,31). The Morgan fingerprint density at radius 1 is 1.03 bits per heavy atom. The third kappa shape index (κ3) is 5.46. The van der Waals surface area contributed by atoms with Gasteiger partial charge in [-0.25, -0.2) is 4.68 Å². The summed E-state index contributed by atoms with van der Waals surface area (Å²) in [5.74, 6) is 0.992. The molecule has 0 radical (unpaired) electrons. The Morgan fingerprint density at radius 2 is 1.72 bits per heavy atom. The minimum Gasteiger partial charge on any atom is -0.352 e. The van der Waals surface area contributed by atoms with Crippen molar-refractivity contribution in [3.8, 4) is 5.69 Å². The Morgan fingerprint density at radius 3 is 2.41 bits per heavy atom. The van der Waals surface area contributed by atoms with Crippen LogP contribution in [-0.2, 0) is 11.5 Å². The first-order valence-corrected chi connectivity index (χ1v) is 11.9. The molecule has 2 aliphatic rings. The van der Waals surface area contributed by atoms with E-state index in [1.807, 2.05) is 22.9 Å². The van der Waals surface area contributed by atoms with Crippen LogP contribution in [0.5, 0.6) is 0 Å². The second kappa shape index (κ2) is 10.9. The zero-order valence-corrected chi connectivity index (χ0v) is 19.5. The van der Waals surface area contributed by atoms with Gasteiger partial charge < -0.3 is 10.2 Å². The zero-order valence-electron chi connectivity index (χ0n) is 18.7. The number of piperazine rings is 1. The van der Waals surface area contributed by atoms with E-state index in [0.717, 1.165) is 55.7 Å². The molecule has 1 amide bonds. The van der Waals surface area contributed by atoms with Gasteiger partial charge in [0.2, 0.25) is 16.6 Å². The fraction of sp³-hybridized carbons (Fsp3) is 0.522. The van der Waals surface area contributed by atoms with Crippen LogP contribution in [0.2, 0.25) is 0 Å². The molecule has 2 aliphatic heterocycles. The summed E-state index contributed by atoms with van der Waals surface area (Å²) in [5.41, 5.74) is 1.06. The number of para-hydroxylation sites is 1. The van der Waals surface area contributed by atoms with Gasteiger partial charge in [-0.15, -0.1) is 11.7 Å². The number of carbonyl (C=O) groups is 1. The van der Waals surface area contributed by atoms with Gasteiger partial charge in [0.25, 0.3) is 0 Å². The molecular formula is C23H33N7OS. The van der Waals surface area contributed by atoms with Crippen molar-refractivity contribution in [3.63, 3.8) is 0 Å². The lowest BCUT2D eigenvalue weighted by Crippen LogP contribution is -2.49. The molecule has 2 aromatic rings. The maximum absolute atomic E-state index is 12.0. The summed E-state index contributed by atoms with van der Waals surface area (Å²) >= 11 is 5.89. The number of amides is 1. The Kier molecular flexibility index (Phi) is 7.72. The number of rotatable bonds is 8. The lowest BCUT2D eigenvalue weighted by Gasteiger charge is -2.33. The molecule has 1 N–H and O–H groups in total. The van der Waals surface area contributed by atoms with E-state index < -0.39 is 0 Å². The van der Waals surface area contributed by atoms with Crippen LogP contribution in [0.25, 0.3) is 5.69 Å². The number of anilines is 1. The van der Waals surface area contributed by atoms with Gasteiger partial charge in [-0.2, -0.15) is 0 Å². The second-order valence-electron chi connectivity index (χ2n) is 8.43. The highest BCUT2D eigenvalue weighted by Gasteiger charge is 2.23. The van der Waals surface area contributed by atoms with E-state index >= 15 is 0 Å². The highest BCUT2D eigenvalue weighted by Crippen LogP contribution is 2.23. The molecule has 0 atom stereocenters. The molecule has 3 heterocycles. The summed E-state index contributed by atoms with van der Waals surface area (Å²) in [6, 6.07) is 10.3. The number of nitrogens with one attached hydrogen (secondary N) is 1. The summed E-state index contributed by atoms with van der Waals surface area (Å²) in [5, 5.41) is 7.82. The van der Waals surface area contributed by atoms with Crippen LogP contribution in [0.3, 0.4) is 0 Å². The van der Waals surface area contributed by atoms with E-state index in [0.29, 0.717) is 19.8 Å². The van der Waals surface area contributed by atoms with Gasteiger partial charge in [-0.1, -0.05) is 24.3 Å². The smallest absolute Gasteiger partial charge is 0.234 e. The predicted molar refractivity (Wildman–Crippen MR) is 130 cm³/mol. The Balaban J connectivity index is 1.45. The topological polar surface area (TPSA) is 61.6 Å². The van der Waals surface area contributed by atoms with E-state index in [1.54, 1.807) is 6.08 Å². The summed E-state index contributed by atoms with van der Waals surface area (Å²) in [6.45, 7) is 10.8. The molecule has 172 valence electrons. The van der Waals surface area contributed by atoms with Gasteiger partial charge in [0.1, 0.15) is 0 Å². The molecule has 0 spiro atoms. The molecule has 2 fully saturated rings. The van der Waals surface area contributed by atoms with Crippen molar-refractivity contribution in [3.05, 3.63) is 47.8 Å². The van der Waals surface area contributed by atoms with Crippen LogP contribution in [0.15, 0.2) is 43.0 Å². The molecule has 0 unspecified atom stereocenters. The quantitative estimate of drug-likeness (QED) is 0.487. The van der Waals surface area contributed by atoms with Gasteiger partial charge in [0.05, 0.1) is 18.9 Å². The van der Waals surface area contributed by atoms with E-state index in [1.165, 1.54) is 19.3 Å². The maximum atomic E-state index is 12.0. The zero-order chi connectivity index (χ0) is 22.3. The van der Waals surface area contributed by atoms with Gasteiger partial charge in [0.15, 0.2) is 0 Å². The summed E-state index contributed by atoms with van der Waals surface area (Å²) < 4.78 is 4.79. The summed E-state index contributed by atoms with van der Waals surface area (Å²) in [7, 11) is 0. The Hall–Kier alpha value is -2.49. The number of nitrogens with zero attached hydrogens (tertiary/aromatic N) is 6. The number of benzene rings is 1. The first kappa shape index (κ1) is 22.7. The molecular weight excluding hydrogens is 422 g/mol. The van der Waals surface area contributed by atoms with Crippen molar-refractivity contribution in [2.45, 2.75) is 25.9 Å². The van der Waals surface area contributed by atoms with Gasteiger partial charge in [-0.3, -0.25) is 19.2 Å². The van der Waals surface area contributed by atoms with Crippen LogP contribution < -0.4 is 10.2 Å². The van der Waals surface area contributed by atoms with Crippen LogP contribution in [0.1, 0.15) is 19.3 Å². The van der Waals surface area contributed by atoms with Crippen LogP contribution in [0, 0.1) is 4.77 Å². The minimum absolute atomic E-state index is 0.0494. The molecule has 0 bridgehead atoms. The maximum Gasteiger partial charge on any atom is 0.234 e. The number of hydrogen-bond donors (Lipinski definition) is 1. The van der Waals surface area contributed by atoms with E-state index in [-0.39, 0.29) is 5.91 Å². The molecule has 8 nitrogen and oxygen atoms in total. The normalized spacial score (nSPS) is 17.9. The number of piperidine rings is 1. The summed E-state index contributed by atoms with van der Waals surface area (Å²) in [6.07, 6.45) is 5.36. The van der Waals surface area contributed by atoms with E-state index in [9.17, 15) is 4.79 Å². The molecule has 1 aromatic carbocycles. The number of hydrogen-bond acceptors (Lipinski definition) is 6. The fourth-order valence-corrected chi connectivity index (χ4v) is 4.60. The SMILES string of the molecule is C=CCNC(=O)CN1CCN(Cn2nc(N3CCCCC3)n(-c3ccccc3)c2=S)CC1. The molecule has 0 aliphatic carbocycles. The second-order valence-corrected chi connectivity index (χ2v) is 8.79. The highest BCUT2D eigenvalue weighted by molar-refractivity contribution is 7.71. The highest BCUT2D eigenvalue weighted by atomic mass is 32.1. The van der Waals surface area contributed by atoms with E-state index in [4.69, 9.17) is 17.3 Å². The lowest BCUT2D eigenvalue weighted by atomic mass is 10.1. The molecule has 32 heavy (non-hydrogen) atoms. The van der Waals surface area contributed by atoms with Crippen LogP contribution in [-0.4, -0.2) is 82.4 Å². The fourth-order valence-electron chi connectivity index (χ4n) is 4.31. The molecule has 4 rings (SSSR count). The minimum atomic E-state index is 0.0494. The van der Waals surface area contributed by atoms with Crippen molar-refractivity contribution < 1.29 is 4.79 Å². The first-order chi connectivity index (χ1) is 15.7. The van der Waals surface area contributed by atoms with Crippen molar-refractivity contribution in [2.24, 2.45) is 0 Å². The third-order valence-electron chi connectivity index (χ3n) is 6.09. The van der Waals surface area contributed by atoms with Crippen molar-refractivity contribution >= 4 is 24.1 Å². The summed E-state index contributed by atoms with van der Waals surface area (Å²) in [4.78, 5) is 18.9. The van der Waals surface area contributed by atoms with Gasteiger partial charge in [-0.05, 0) is 43.6 Å². The Bertz CT molecular complexity index is 956. The average Bonchev–Trinajstić information content (AvgIpc) is 3.16. The largest absolute Gasteiger partial charge is 0.352 e. The van der Waals surface area contributed by atoms with Crippen molar-refractivity contribution in [1.29, 1.82) is 0 Å².